The molecule has 0 amide bonds. The normalized spacial score (nSPS) is 14.6. The Labute approximate surface area is 150 Å². The lowest BCUT2D eigenvalue weighted by Gasteiger charge is -2.08. The van der Waals surface area contributed by atoms with Gasteiger partial charge in [-0.05, 0) is 62.1 Å². The van der Waals surface area contributed by atoms with Crippen LogP contribution in [0.3, 0.4) is 0 Å². The summed E-state index contributed by atoms with van der Waals surface area (Å²) in [6, 6.07) is 8.87. The Kier molecular flexibility index (Phi) is 3.92. The van der Waals surface area contributed by atoms with Gasteiger partial charge in [-0.2, -0.15) is 0 Å². The van der Waals surface area contributed by atoms with Crippen LogP contribution in [-0.4, -0.2) is 13.4 Å². The summed E-state index contributed by atoms with van der Waals surface area (Å²) in [5, 5.41) is 0. The number of anilines is 1. The molecule has 5 nitrogen and oxygen atoms in total. The molecular weight excluding hydrogens is 356 g/mol. The second-order valence-corrected chi connectivity index (χ2v) is 9.35. The second kappa shape index (κ2) is 6.00. The van der Waals surface area contributed by atoms with Gasteiger partial charge in [-0.25, -0.2) is 13.4 Å². The van der Waals surface area contributed by atoms with Crippen molar-refractivity contribution in [2.24, 2.45) is 0 Å². The zero-order valence-electron chi connectivity index (χ0n) is 13.9. The number of benzene rings is 1. The van der Waals surface area contributed by atoms with E-state index < -0.39 is 10.0 Å². The van der Waals surface area contributed by atoms with Gasteiger partial charge in [0.1, 0.15) is 4.21 Å². The van der Waals surface area contributed by atoms with E-state index in [1.165, 1.54) is 11.3 Å². The standard InChI is InChI=1S/C18H18N2O3S2/c1-11-3-6-14(9-12(11)2)20-25(21,22)17-8-7-16(24-17)15-10-19-18(23-15)13-4-5-13/h3,6-10,13,20H,4-5H2,1-2H3. The number of oxazole rings is 1. The maximum atomic E-state index is 12.6. The molecule has 1 aliphatic rings. The highest BCUT2D eigenvalue weighted by Crippen LogP contribution is 2.41. The van der Waals surface area contributed by atoms with Gasteiger partial charge in [0.15, 0.2) is 11.7 Å². The van der Waals surface area contributed by atoms with Crippen molar-refractivity contribution in [1.29, 1.82) is 0 Å². The first-order valence-electron chi connectivity index (χ1n) is 8.08. The highest BCUT2D eigenvalue weighted by molar-refractivity contribution is 7.94. The average Bonchev–Trinajstić information content (AvgIpc) is 3.10. The highest BCUT2D eigenvalue weighted by Gasteiger charge is 2.29. The van der Waals surface area contributed by atoms with Gasteiger partial charge in [-0.3, -0.25) is 4.72 Å². The molecule has 1 aliphatic carbocycles. The van der Waals surface area contributed by atoms with Crippen molar-refractivity contribution in [3.8, 4) is 10.6 Å². The molecule has 0 radical (unpaired) electrons. The van der Waals surface area contributed by atoms with Gasteiger partial charge in [0.05, 0.1) is 11.1 Å². The van der Waals surface area contributed by atoms with E-state index in [1.807, 2.05) is 26.0 Å². The van der Waals surface area contributed by atoms with Crippen LogP contribution in [0.4, 0.5) is 5.69 Å². The van der Waals surface area contributed by atoms with E-state index in [9.17, 15) is 8.42 Å². The maximum Gasteiger partial charge on any atom is 0.271 e. The lowest BCUT2D eigenvalue weighted by atomic mass is 10.1. The van der Waals surface area contributed by atoms with Gasteiger partial charge in [0.25, 0.3) is 10.0 Å². The monoisotopic (exact) mass is 374 g/mol. The SMILES string of the molecule is Cc1ccc(NS(=O)(=O)c2ccc(-c3cnc(C4CC4)o3)s2)cc1C. The third kappa shape index (κ3) is 3.34. The van der Waals surface area contributed by atoms with Crippen molar-refractivity contribution in [3.63, 3.8) is 0 Å². The second-order valence-electron chi connectivity index (χ2n) is 6.36. The third-order valence-electron chi connectivity index (χ3n) is 4.30. The molecule has 25 heavy (non-hydrogen) atoms. The fourth-order valence-electron chi connectivity index (χ4n) is 2.53. The van der Waals surface area contributed by atoms with Crippen LogP contribution in [0.5, 0.6) is 0 Å². The Balaban J connectivity index is 1.57. The number of nitrogens with one attached hydrogen (secondary N) is 1. The molecule has 1 N–H and O–H groups in total. The number of sulfonamides is 1. The van der Waals surface area contributed by atoms with E-state index in [1.54, 1.807) is 24.4 Å². The molecule has 0 unspecified atom stereocenters. The number of aromatic nitrogens is 1. The van der Waals surface area contributed by atoms with Crippen molar-refractivity contribution in [2.45, 2.75) is 36.8 Å². The molecule has 3 aromatic rings. The van der Waals surface area contributed by atoms with Gasteiger partial charge in [-0.1, -0.05) is 6.07 Å². The minimum Gasteiger partial charge on any atom is -0.440 e. The van der Waals surface area contributed by atoms with E-state index in [0.29, 0.717) is 17.4 Å². The summed E-state index contributed by atoms with van der Waals surface area (Å²) in [5.41, 5.74) is 2.73. The van der Waals surface area contributed by atoms with Gasteiger partial charge < -0.3 is 4.42 Å². The Morgan fingerprint density at radius 1 is 1.16 bits per heavy atom. The lowest BCUT2D eigenvalue weighted by Crippen LogP contribution is -2.11. The van der Waals surface area contributed by atoms with Crippen LogP contribution in [-0.2, 0) is 10.0 Å². The fourth-order valence-corrected chi connectivity index (χ4v) is 4.83. The third-order valence-corrected chi connectivity index (χ3v) is 7.27. The Hall–Kier alpha value is -2.12. The molecule has 0 atom stereocenters. The van der Waals surface area contributed by atoms with E-state index in [4.69, 9.17) is 4.42 Å². The van der Waals surface area contributed by atoms with Crippen molar-refractivity contribution in [3.05, 3.63) is 53.5 Å². The number of nitrogens with zero attached hydrogens (tertiary/aromatic N) is 1. The summed E-state index contributed by atoms with van der Waals surface area (Å²) < 4.78 is 33.9. The molecule has 130 valence electrons. The highest BCUT2D eigenvalue weighted by atomic mass is 32.2. The van der Waals surface area contributed by atoms with E-state index in [2.05, 4.69) is 9.71 Å². The van der Waals surface area contributed by atoms with Gasteiger partial charge >= 0.3 is 0 Å². The minimum absolute atomic E-state index is 0.255. The summed E-state index contributed by atoms with van der Waals surface area (Å²) in [4.78, 5) is 5.05. The topological polar surface area (TPSA) is 72.2 Å². The zero-order chi connectivity index (χ0) is 17.6. The molecule has 7 heteroatoms. The van der Waals surface area contributed by atoms with E-state index >= 15 is 0 Å². The summed E-state index contributed by atoms with van der Waals surface area (Å²) in [6.45, 7) is 3.95. The molecule has 0 spiro atoms. The smallest absolute Gasteiger partial charge is 0.271 e. The zero-order valence-corrected chi connectivity index (χ0v) is 15.6. The van der Waals surface area contributed by atoms with Crippen LogP contribution < -0.4 is 4.72 Å². The maximum absolute atomic E-state index is 12.6. The number of hydrogen-bond donors (Lipinski definition) is 1. The number of aryl methyl sites for hydroxylation is 2. The van der Waals surface area contributed by atoms with Crippen molar-refractivity contribution < 1.29 is 12.8 Å². The van der Waals surface area contributed by atoms with E-state index in [-0.39, 0.29) is 4.21 Å². The summed E-state index contributed by atoms with van der Waals surface area (Å²) >= 11 is 1.18. The first-order chi connectivity index (χ1) is 11.9. The van der Waals surface area contributed by atoms with Crippen LogP contribution in [0.15, 0.2) is 45.2 Å². The fraction of sp³-hybridized carbons (Fsp3) is 0.278. The van der Waals surface area contributed by atoms with Crippen LogP contribution in [0, 0.1) is 13.8 Å². The molecule has 4 rings (SSSR count). The Bertz CT molecular complexity index is 1030. The first-order valence-corrected chi connectivity index (χ1v) is 10.4. The van der Waals surface area contributed by atoms with Crippen molar-refractivity contribution in [1.82, 2.24) is 4.98 Å². The van der Waals surface area contributed by atoms with Gasteiger partial charge in [0.2, 0.25) is 0 Å². The number of hydrogen-bond acceptors (Lipinski definition) is 5. The van der Waals surface area contributed by atoms with Crippen molar-refractivity contribution in [2.75, 3.05) is 4.72 Å². The molecular formula is C18H18N2O3S2. The predicted molar refractivity (Wildman–Crippen MR) is 98.5 cm³/mol. The van der Waals surface area contributed by atoms with Crippen LogP contribution >= 0.6 is 11.3 Å². The average molecular weight is 374 g/mol. The Morgan fingerprint density at radius 2 is 1.96 bits per heavy atom. The van der Waals surface area contributed by atoms with Gasteiger partial charge in [-0.15, -0.1) is 11.3 Å². The number of thiophene rings is 1. The van der Waals surface area contributed by atoms with Gasteiger partial charge in [0, 0.05) is 11.6 Å². The quantitative estimate of drug-likeness (QED) is 0.703. The minimum atomic E-state index is -3.62. The molecule has 1 aromatic carbocycles. The van der Waals surface area contributed by atoms with Crippen LogP contribution in [0.1, 0.15) is 35.8 Å². The molecule has 2 aromatic heterocycles. The Morgan fingerprint density at radius 3 is 2.68 bits per heavy atom. The largest absolute Gasteiger partial charge is 0.440 e. The summed E-state index contributed by atoms with van der Waals surface area (Å²) in [7, 11) is -3.62. The molecule has 0 bridgehead atoms. The summed E-state index contributed by atoms with van der Waals surface area (Å²) in [5.74, 6) is 1.81. The predicted octanol–water partition coefficient (Wildman–Crippen LogP) is 4.70. The van der Waals surface area contributed by atoms with E-state index in [0.717, 1.165) is 34.7 Å². The number of rotatable bonds is 5. The molecule has 2 heterocycles. The van der Waals surface area contributed by atoms with Crippen LogP contribution in [0.25, 0.3) is 10.6 Å². The molecule has 1 fully saturated rings. The summed E-state index contributed by atoms with van der Waals surface area (Å²) in [6.07, 6.45) is 3.90. The van der Waals surface area contributed by atoms with Crippen molar-refractivity contribution >= 4 is 27.0 Å². The molecule has 1 saturated carbocycles. The first kappa shape index (κ1) is 16.4. The molecule has 0 aliphatic heterocycles. The lowest BCUT2D eigenvalue weighted by molar-refractivity contribution is 0.510. The molecule has 0 saturated heterocycles. The van der Waals surface area contributed by atoms with Crippen LogP contribution in [0.2, 0.25) is 0 Å².